The number of hydrogen-bond acceptors (Lipinski definition) is 4. The van der Waals surface area contributed by atoms with E-state index in [1.165, 1.54) is 4.88 Å². The minimum absolute atomic E-state index is 0. The number of guanidine groups is 1. The summed E-state index contributed by atoms with van der Waals surface area (Å²) < 4.78 is 0. The normalized spacial score (nSPS) is 11.2. The summed E-state index contributed by atoms with van der Waals surface area (Å²) in [5.74, 6) is 0.772. The highest BCUT2D eigenvalue weighted by Gasteiger charge is 2.07. The van der Waals surface area contributed by atoms with E-state index in [2.05, 4.69) is 49.9 Å². The largest absolute Gasteiger partial charge is 0.352 e. The van der Waals surface area contributed by atoms with Crippen molar-refractivity contribution in [3.63, 3.8) is 0 Å². The van der Waals surface area contributed by atoms with Gasteiger partial charge in [0.1, 0.15) is 0 Å². The van der Waals surface area contributed by atoms with E-state index in [1.807, 2.05) is 26.1 Å². The van der Waals surface area contributed by atoms with Crippen LogP contribution in [0.3, 0.4) is 0 Å². The zero-order valence-electron chi connectivity index (χ0n) is 14.5. The van der Waals surface area contributed by atoms with Crippen LogP contribution in [0.15, 0.2) is 41.5 Å². The Morgan fingerprint density at radius 1 is 1.12 bits per heavy atom. The van der Waals surface area contributed by atoms with Gasteiger partial charge in [-0.05, 0) is 25.5 Å². The summed E-state index contributed by atoms with van der Waals surface area (Å²) in [4.78, 5) is 14.5. The van der Waals surface area contributed by atoms with Gasteiger partial charge in [-0.2, -0.15) is 0 Å². The second kappa shape index (κ2) is 9.10. The third-order valence-electron chi connectivity index (χ3n) is 3.80. The van der Waals surface area contributed by atoms with Crippen molar-refractivity contribution in [3.8, 4) is 0 Å². The van der Waals surface area contributed by atoms with Crippen molar-refractivity contribution in [2.24, 2.45) is 4.99 Å². The molecule has 0 bridgehead atoms. The number of thiazole rings is 1. The van der Waals surface area contributed by atoms with Crippen LogP contribution in [0.4, 0.5) is 0 Å². The predicted molar refractivity (Wildman–Crippen MR) is 116 cm³/mol. The molecule has 132 valence electrons. The van der Waals surface area contributed by atoms with Gasteiger partial charge < -0.3 is 10.6 Å². The van der Waals surface area contributed by atoms with Crippen LogP contribution in [-0.4, -0.2) is 23.0 Å². The van der Waals surface area contributed by atoms with Crippen molar-refractivity contribution in [1.82, 2.24) is 20.6 Å². The number of hydrogen-bond donors (Lipinski definition) is 2. The molecule has 0 aliphatic heterocycles. The summed E-state index contributed by atoms with van der Waals surface area (Å²) in [6.45, 7) is 5.47. The van der Waals surface area contributed by atoms with Gasteiger partial charge in [-0.1, -0.05) is 24.3 Å². The highest BCUT2D eigenvalue weighted by molar-refractivity contribution is 14.0. The molecule has 0 atom stereocenters. The molecule has 2 heterocycles. The van der Waals surface area contributed by atoms with Gasteiger partial charge in [0, 0.05) is 30.1 Å². The monoisotopic (exact) mass is 467 g/mol. The molecule has 0 aliphatic carbocycles. The minimum Gasteiger partial charge on any atom is -0.352 e. The lowest BCUT2D eigenvalue weighted by Crippen LogP contribution is -2.36. The molecule has 2 aromatic heterocycles. The Morgan fingerprint density at radius 3 is 2.60 bits per heavy atom. The van der Waals surface area contributed by atoms with Crippen LogP contribution in [0.1, 0.15) is 21.1 Å². The zero-order chi connectivity index (χ0) is 16.9. The Balaban J connectivity index is 0.00000225. The summed E-state index contributed by atoms with van der Waals surface area (Å²) in [5.41, 5.74) is 3.26. The standard InChI is InChI=1S/C18H21N5S.HI/c1-12-16(24-13(2)23-12)11-22-18(19-3)21-10-15-7-4-6-14-8-5-9-20-17(14)15;/h4-9H,10-11H2,1-3H3,(H2,19,21,22);1H. The van der Waals surface area contributed by atoms with Gasteiger partial charge in [0.25, 0.3) is 0 Å². The van der Waals surface area contributed by atoms with Crippen molar-refractivity contribution in [3.05, 3.63) is 57.7 Å². The lowest BCUT2D eigenvalue weighted by molar-refractivity contribution is 0.813. The number of nitrogens with zero attached hydrogens (tertiary/aromatic N) is 3. The Kier molecular flexibility index (Phi) is 7.12. The SMILES string of the molecule is CN=C(NCc1sc(C)nc1C)NCc1cccc2cccnc12.I. The molecule has 0 unspecified atom stereocenters. The molecular weight excluding hydrogens is 445 g/mol. The van der Waals surface area contributed by atoms with E-state index in [1.54, 1.807) is 18.4 Å². The number of nitrogens with one attached hydrogen (secondary N) is 2. The molecule has 25 heavy (non-hydrogen) atoms. The Bertz CT molecular complexity index is 870. The average Bonchev–Trinajstić information content (AvgIpc) is 2.92. The van der Waals surface area contributed by atoms with Crippen molar-refractivity contribution >= 4 is 52.2 Å². The molecule has 3 rings (SSSR count). The van der Waals surface area contributed by atoms with Gasteiger partial charge in [0.2, 0.25) is 0 Å². The van der Waals surface area contributed by atoms with Crippen LogP contribution < -0.4 is 10.6 Å². The second-order valence-corrected chi connectivity index (χ2v) is 6.80. The van der Waals surface area contributed by atoms with Gasteiger partial charge in [0.05, 0.1) is 22.8 Å². The number of para-hydroxylation sites is 1. The summed E-state index contributed by atoms with van der Waals surface area (Å²) in [7, 11) is 1.78. The quantitative estimate of drug-likeness (QED) is 0.348. The summed E-state index contributed by atoms with van der Waals surface area (Å²) in [6, 6.07) is 10.3. The van der Waals surface area contributed by atoms with Crippen LogP contribution in [0.5, 0.6) is 0 Å². The molecule has 3 aromatic rings. The van der Waals surface area contributed by atoms with Crippen molar-refractivity contribution in [2.45, 2.75) is 26.9 Å². The molecule has 0 aliphatic rings. The maximum Gasteiger partial charge on any atom is 0.191 e. The van der Waals surface area contributed by atoms with Gasteiger partial charge in [-0.25, -0.2) is 4.98 Å². The maximum absolute atomic E-state index is 4.49. The molecule has 0 saturated heterocycles. The van der Waals surface area contributed by atoms with Crippen LogP contribution in [0.2, 0.25) is 0 Å². The van der Waals surface area contributed by atoms with Gasteiger partial charge in [0.15, 0.2) is 5.96 Å². The van der Waals surface area contributed by atoms with Gasteiger partial charge >= 0.3 is 0 Å². The molecule has 0 saturated carbocycles. The number of rotatable bonds is 4. The Morgan fingerprint density at radius 2 is 1.88 bits per heavy atom. The Hall–Kier alpha value is -1.74. The number of aryl methyl sites for hydroxylation is 2. The summed E-state index contributed by atoms with van der Waals surface area (Å²) in [5, 5.41) is 8.94. The van der Waals surface area contributed by atoms with Crippen molar-refractivity contribution in [1.29, 1.82) is 0 Å². The third-order valence-corrected chi connectivity index (χ3v) is 4.88. The van der Waals surface area contributed by atoms with E-state index in [4.69, 9.17) is 0 Å². The van der Waals surface area contributed by atoms with E-state index in [0.29, 0.717) is 6.54 Å². The average molecular weight is 467 g/mol. The van der Waals surface area contributed by atoms with Crippen LogP contribution in [0.25, 0.3) is 10.9 Å². The summed E-state index contributed by atoms with van der Waals surface area (Å²) >= 11 is 1.72. The first-order chi connectivity index (χ1) is 11.7. The lowest BCUT2D eigenvalue weighted by Gasteiger charge is -2.12. The van der Waals surface area contributed by atoms with Crippen molar-refractivity contribution in [2.75, 3.05) is 7.05 Å². The topological polar surface area (TPSA) is 62.2 Å². The molecule has 0 radical (unpaired) electrons. The first-order valence-corrected chi connectivity index (χ1v) is 8.69. The first-order valence-electron chi connectivity index (χ1n) is 7.87. The van der Waals surface area contributed by atoms with E-state index >= 15 is 0 Å². The molecule has 0 spiro atoms. The maximum atomic E-state index is 4.49. The number of pyridine rings is 1. The molecule has 2 N–H and O–H groups in total. The molecule has 1 aromatic carbocycles. The number of aromatic nitrogens is 2. The fourth-order valence-corrected chi connectivity index (χ4v) is 3.49. The van der Waals surface area contributed by atoms with Crippen LogP contribution in [0, 0.1) is 13.8 Å². The smallest absolute Gasteiger partial charge is 0.191 e. The third kappa shape index (κ3) is 4.88. The van der Waals surface area contributed by atoms with Crippen LogP contribution in [-0.2, 0) is 13.1 Å². The fourth-order valence-electron chi connectivity index (χ4n) is 2.61. The molecule has 7 heteroatoms. The minimum atomic E-state index is 0. The Labute approximate surface area is 169 Å². The molecule has 0 fully saturated rings. The molecule has 0 amide bonds. The van der Waals surface area contributed by atoms with Crippen molar-refractivity contribution < 1.29 is 0 Å². The van der Waals surface area contributed by atoms with E-state index in [0.717, 1.165) is 39.7 Å². The number of halogens is 1. The van der Waals surface area contributed by atoms with Crippen LogP contribution >= 0.6 is 35.3 Å². The lowest BCUT2D eigenvalue weighted by atomic mass is 10.1. The number of benzene rings is 1. The predicted octanol–water partition coefficient (Wildman–Crippen LogP) is 3.79. The number of aliphatic imine (C=N–C) groups is 1. The summed E-state index contributed by atoms with van der Waals surface area (Å²) in [6.07, 6.45) is 1.83. The fraction of sp³-hybridized carbons (Fsp3) is 0.278. The second-order valence-electron chi connectivity index (χ2n) is 5.51. The number of fused-ring (bicyclic) bond motifs is 1. The zero-order valence-corrected chi connectivity index (χ0v) is 17.7. The molecular formula is C18H22IN5S. The molecule has 5 nitrogen and oxygen atoms in total. The highest BCUT2D eigenvalue weighted by atomic mass is 127. The van der Waals surface area contributed by atoms with E-state index < -0.39 is 0 Å². The van der Waals surface area contributed by atoms with E-state index in [9.17, 15) is 0 Å². The van der Waals surface area contributed by atoms with Gasteiger partial charge in [-0.3, -0.25) is 9.98 Å². The van der Waals surface area contributed by atoms with E-state index in [-0.39, 0.29) is 24.0 Å². The first kappa shape index (κ1) is 19.6. The van der Waals surface area contributed by atoms with Gasteiger partial charge in [-0.15, -0.1) is 35.3 Å². The highest BCUT2D eigenvalue weighted by Crippen LogP contribution is 2.17.